The number of esters is 3. The number of aliphatic hydroxyl groups is 2. The van der Waals surface area contributed by atoms with Gasteiger partial charge in [-0.1, -0.05) is 245 Å². The third-order valence-electron chi connectivity index (χ3n) is 14.5. The van der Waals surface area contributed by atoms with Crippen LogP contribution in [0.5, 0.6) is 0 Å². The molecule has 0 saturated carbocycles. The van der Waals surface area contributed by atoms with E-state index in [-0.39, 0.29) is 25.9 Å². The summed E-state index contributed by atoms with van der Waals surface area (Å²) in [7, 11) is 0. The summed E-state index contributed by atoms with van der Waals surface area (Å²) >= 11 is 0. The minimum atomic E-state index is -1.92. The summed E-state index contributed by atoms with van der Waals surface area (Å²) in [6, 6.07) is 0. The zero-order valence-corrected chi connectivity index (χ0v) is 53.3. The zero-order chi connectivity index (χ0) is 61.7. The Balaban J connectivity index is 2.71. The highest BCUT2D eigenvalue weighted by Gasteiger charge is 2.50. The number of aliphatic carboxylic acids is 1. The lowest BCUT2D eigenvalue weighted by Gasteiger charge is -2.40. The maximum Gasteiger partial charge on any atom is 0.335 e. The van der Waals surface area contributed by atoms with Crippen LogP contribution < -0.4 is 0 Å². The Labute approximate surface area is 516 Å². The molecule has 1 saturated heterocycles. The average molecular weight is 1190 g/mol. The first-order chi connectivity index (χ1) is 41.6. The fourth-order valence-corrected chi connectivity index (χ4v) is 9.40. The van der Waals surface area contributed by atoms with Crippen molar-refractivity contribution < 1.29 is 58.2 Å². The maximum atomic E-state index is 13.2. The van der Waals surface area contributed by atoms with E-state index in [0.29, 0.717) is 19.3 Å². The van der Waals surface area contributed by atoms with E-state index in [1.54, 1.807) is 0 Å². The van der Waals surface area contributed by atoms with Crippen LogP contribution in [0.15, 0.2) is 122 Å². The van der Waals surface area contributed by atoms with Gasteiger partial charge in [0.2, 0.25) is 0 Å². The van der Waals surface area contributed by atoms with E-state index in [0.717, 1.165) is 135 Å². The average Bonchev–Trinajstić information content (AvgIpc) is 3.51. The molecule has 0 aliphatic carbocycles. The normalized spacial score (nSPS) is 18.2. The van der Waals surface area contributed by atoms with Crippen LogP contribution in [0, 0.1) is 0 Å². The summed E-state index contributed by atoms with van der Waals surface area (Å²) in [4.78, 5) is 51.4. The van der Waals surface area contributed by atoms with Crippen molar-refractivity contribution in [1.82, 2.24) is 0 Å². The van der Waals surface area contributed by atoms with Gasteiger partial charge in [-0.15, -0.1) is 0 Å². The summed E-state index contributed by atoms with van der Waals surface area (Å²) in [6.45, 7) is 5.78. The molecule has 6 unspecified atom stereocenters. The van der Waals surface area contributed by atoms with Gasteiger partial charge in [-0.3, -0.25) is 14.4 Å². The van der Waals surface area contributed by atoms with Gasteiger partial charge in [0.25, 0.3) is 0 Å². The summed E-state index contributed by atoms with van der Waals surface area (Å²) in [5.74, 6) is -3.25. The van der Waals surface area contributed by atoms with Crippen LogP contribution in [-0.2, 0) is 42.9 Å². The molecular formula is C73H118O12. The number of aliphatic hydroxyl groups excluding tert-OH is 2. The largest absolute Gasteiger partial charge is 0.479 e. The Morgan fingerprint density at radius 2 is 0.765 bits per heavy atom. The Kier molecular flexibility index (Phi) is 54.6. The van der Waals surface area contributed by atoms with Gasteiger partial charge in [-0.05, 0) is 122 Å². The van der Waals surface area contributed by atoms with Crippen molar-refractivity contribution in [3.05, 3.63) is 122 Å². The van der Waals surface area contributed by atoms with Gasteiger partial charge in [-0.2, -0.15) is 0 Å². The van der Waals surface area contributed by atoms with Crippen LogP contribution >= 0.6 is 0 Å². The van der Waals surface area contributed by atoms with Gasteiger partial charge in [0.15, 0.2) is 24.6 Å². The Morgan fingerprint density at radius 3 is 1.18 bits per heavy atom. The predicted molar refractivity (Wildman–Crippen MR) is 349 cm³/mol. The molecule has 0 amide bonds. The second-order valence-electron chi connectivity index (χ2n) is 22.4. The summed E-state index contributed by atoms with van der Waals surface area (Å²) in [5, 5.41) is 31.6. The van der Waals surface area contributed by atoms with Gasteiger partial charge < -0.3 is 39.0 Å². The fraction of sp³-hybridized carbons (Fsp3) is 0.671. The van der Waals surface area contributed by atoms with Gasteiger partial charge >= 0.3 is 23.9 Å². The monoisotopic (exact) mass is 1190 g/mol. The molecule has 12 heteroatoms. The molecule has 0 aromatic carbocycles. The highest BCUT2D eigenvalue weighted by Crippen LogP contribution is 2.26. The molecule has 1 aliphatic heterocycles. The highest BCUT2D eigenvalue weighted by atomic mass is 16.7. The number of carboxylic acids is 1. The van der Waals surface area contributed by atoms with E-state index < -0.39 is 67.3 Å². The van der Waals surface area contributed by atoms with Gasteiger partial charge in [0, 0.05) is 19.3 Å². The Morgan fingerprint density at radius 1 is 0.400 bits per heavy atom. The lowest BCUT2D eigenvalue weighted by molar-refractivity contribution is -0.301. The quantitative estimate of drug-likeness (QED) is 0.0228. The fourth-order valence-electron chi connectivity index (χ4n) is 9.40. The molecule has 482 valence electrons. The lowest BCUT2D eigenvalue weighted by Crippen LogP contribution is -2.61. The molecule has 0 aromatic rings. The summed E-state index contributed by atoms with van der Waals surface area (Å²) in [6.07, 6.45) is 70.1. The molecule has 12 nitrogen and oxygen atoms in total. The molecule has 0 aromatic heterocycles. The zero-order valence-electron chi connectivity index (χ0n) is 53.3. The van der Waals surface area contributed by atoms with E-state index in [1.165, 1.54) is 70.6 Å². The van der Waals surface area contributed by atoms with E-state index in [2.05, 4.69) is 130 Å². The number of unbranched alkanes of at least 4 members (excludes halogenated alkanes) is 22. The Hall–Kier alpha value is -4.88. The summed E-state index contributed by atoms with van der Waals surface area (Å²) in [5.41, 5.74) is 0. The maximum absolute atomic E-state index is 13.2. The third-order valence-corrected chi connectivity index (χ3v) is 14.5. The third kappa shape index (κ3) is 48.9. The second-order valence-corrected chi connectivity index (χ2v) is 22.4. The SMILES string of the molecule is CC/C=C\C/C=C\C/C=C\C/C=C\C/C=C\C/C=C\CCC(=O)OCC(COC1OC(C(=O)O)C(O)C(O)C1OC(=O)CCCCCCCCCCC/C=C\C/C=C\CCCCC)OC(=O)CCCCCCCCC/C=C\C/C=C\CCCCC. The van der Waals surface area contributed by atoms with Crippen LogP contribution in [-0.4, -0.2) is 89.2 Å². The van der Waals surface area contributed by atoms with Crippen molar-refractivity contribution in [2.45, 2.75) is 302 Å². The molecule has 1 aliphatic rings. The van der Waals surface area contributed by atoms with Crippen LogP contribution in [0.25, 0.3) is 0 Å². The first kappa shape index (κ1) is 78.1. The smallest absolute Gasteiger partial charge is 0.335 e. The number of carbonyl (C=O) groups excluding carboxylic acids is 3. The van der Waals surface area contributed by atoms with Crippen LogP contribution in [0.2, 0.25) is 0 Å². The summed E-state index contributed by atoms with van der Waals surface area (Å²) < 4.78 is 28.5. The van der Waals surface area contributed by atoms with Crippen LogP contribution in [0.4, 0.5) is 0 Å². The molecule has 6 atom stereocenters. The number of carboxylic acid groups (broad SMARTS) is 1. The van der Waals surface area contributed by atoms with Crippen molar-refractivity contribution in [3.63, 3.8) is 0 Å². The van der Waals surface area contributed by atoms with Crippen molar-refractivity contribution in [2.75, 3.05) is 13.2 Å². The molecule has 1 rings (SSSR count). The van der Waals surface area contributed by atoms with Gasteiger partial charge in [-0.25, -0.2) is 4.79 Å². The number of rotatable bonds is 56. The second kappa shape index (κ2) is 59.5. The molecule has 0 radical (unpaired) electrons. The van der Waals surface area contributed by atoms with Crippen LogP contribution in [0.1, 0.15) is 265 Å². The first-order valence-corrected chi connectivity index (χ1v) is 33.5. The number of allylic oxidation sites excluding steroid dienone is 20. The van der Waals surface area contributed by atoms with E-state index in [4.69, 9.17) is 23.7 Å². The number of hydrogen-bond donors (Lipinski definition) is 3. The molecule has 85 heavy (non-hydrogen) atoms. The lowest BCUT2D eigenvalue weighted by atomic mass is 9.98. The van der Waals surface area contributed by atoms with Crippen molar-refractivity contribution in [2.24, 2.45) is 0 Å². The molecular weight excluding hydrogens is 1070 g/mol. The standard InChI is InChI=1S/C73H118O12/c1-4-7-10-13-16-19-22-25-28-31-33-36-38-41-44-47-50-53-56-59-65(74)81-62-64(83-66(75)60-57-54-51-48-45-42-39-35-30-27-24-21-18-15-12-9-6-3)63-82-73-71(69(78)68(77)70(85-73)72(79)80)84-67(76)61-58-55-52-49-46-43-40-37-34-32-29-26-23-20-17-14-11-8-5-2/h7,10,16-21,25-30,33,36,41,44,50,53,64,68-71,73,77-78H,4-6,8-9,11-15,22-24,31-32,34-35,37-40,42-43,45-49,51-52,54-63H2,1-3H3,(H,79,80)/b10-7-,19-16-,20-17-,21-18-,28-25-,29-26-,30-27-,36-33-,44-41-,53-50-. The topological polar surface area (TPSA) is 175 Å². The minimum absolute atomic E-state index is 0.0422. The van der Waals surface area contributed by atoms with Crippen molar-refractivity contribution in [1.29, 1.82) is 0 Å². The van der Waals surface area contributed by atoms with Crippen molar-refractivity contribution in [3.8, 4) is 0 Å². The van der Waals surface area contributed by atoms with E-state index >= 15 is 0 Å². The Bertz CT molecular complexity index is 1940. The minimum Gasteiger partial charge on any atom is -0.479 e. The van der Waals surface area contributed by atoms with E-state index in [1.807, 2.05) is 12.2 Å². The molecule has 0 bridgehead atoms. The molecule has 3 N–H and O–H groups in total. The van der Waals surface area contributed by atoms with Gasteiger partial charge in [0.1, 0.15) is 18.8 Å². The van der Waals surface area contributed by atoms with Gasteiger partial charge in [0.05, 0.1) is 6.61 Å². The number of ether oxygens (including phenoxy) is 5. The van der Waals surface area contributed by atoms with Crippen molar-refractivity contribution >= 4 is 23.9 Å². The molecule has 1 heterocycles. The van der Waals surface area contributed by atoms with Crippen LogP contribution in [0.3, 0.4) is 0 Å². The highest BCUT2D eigenvalue weighted by molar-refractivity contribution is 5.74. The molecule has 1 fully saturated rings. The molecule has 0 spiro atoms. The first-order valence-electron chi connectivity index (χ1n) is 33.5. The number of hydrogen-bond acceptors (Lipinski definition) is 11. The van der Waals surface area contributed by atoms with E-state index in [9.17, 15) is 34.5 Å². The number of carbonyl (C=O) groups is 4. The predicted octanol–water partition coefficient (Wildman–Crippen LogP) is 18.3.